The molecule has 1 heteroatoms. The van der Waals surface area contributed by atoms with Crippen molar-refractivity contribution < 1.29 is 4.79 Å². The number of Topliss-reactive ketones (excluding diaryl/α,β-unsaturated/α-hetero) is 1. The van der Waals surface area contributed by atoms with E-state index in [0.717, 1.165) is 27.8 Å². The van der Waals surface area contributed by atoms with Gasteiger partial charge in [-0.15, -0.1) is 0 Å². The van der Waals surface area contributed by atoms with Crippen LogP contribution in [0.3, 0.4) is 0 Å². The molecule has 0 saturated heterocycles. The summed E-state index contributed by atoms with van der Waals surface area (Å²) < 4.78 is 0. The van der Waals surface area contributed by atoms with Crippen LogP contribution in [0.4, 0.5) is 0 Å². The molecule has 4 rings (SSSR count). The van der Waals surface area contributed by atoms with E-state index in [1.165, 1.54) is 0 Å². The standard InChI is InChI=1S/C21H16O/c1-21(15-9-3-2-4-10-15)19-14-8-7-12-17(19)16-11-5-6-13-18(16)20(21)22/h2-14H,1H3/t21-/m0/s1. The first-order chi connectivity index (χ1) is 10.7. The van der Waals surface area contributed by atoms with Crippen LogP contribution in [0.5, 0.6) is 0 Å². The number of rotatable bonds is 1. The van der Waals surface area contributed by atoms with Gasteiger partial charge in [-0.3, -0.25) is 4.79 Å². The van der Waals surface area contributed by atoms with E-state index in [9.17, 15) is 4.79 Å². The van der Waals surface area contributed by atoms with Crippen LogP contribution < -0.4 is 0 Å². The van der Waals surface area contributed by atoms with Gasteiger partial charge in [0.1, 0.15) is 0 Å². The minimum Gasteiger partial charge on any atom is -0.293 e. The number of hydrogen-bond donors (Lipinski definition) is 0. The van der Waals surface area contributed by atoms with Gasteiger partial charge in [0.05, 0.1) is 5.41 Å². The number of hydrogen-bond acceptors (Lipinski definition) is 1. The topological polar surface area (TPSA) is 17.1 Å². The largest absolute Gasteiger partial charge is 0.293 e. The molecule has 0 N–H and O–H groups in total. The molecule has 0 spiro atoms. The van der Waals surface area contributed by atoms with Crippen LogP contribution in [0.25, 0.3) is 11.1 Å². The second-order valence-corrected chi connectivity index (χ2v) is 5.91. The Hall–Kier alpha value is -2.67. The summed E-state index contributed by atoms with van der Waals surface area (Å²) in [4.78, 5) is 13.3. The van der Waals surface area contributed by atoms with Gasteiger partial charge in [0.25, 0.3) is 0 Å². The van der Waals surface area contributed by atoms with Crippen LogP contribution in [-0.2, 0) is 5.41 Å². The minimum atomic E-state index is -0.633. The van der Waals surface area contributed by atoms with Crippen LogP contribution in [-0.4, -0.2) is 5.78 Å². The molecule has 0 radical (unpaired) electrons. The number of fused-ring (bicyclic) bond motifs is 3. The van der Waals surface area contributed by atoms with Gasteiger partial charge in [-0.05, 0) is 29.2 Å². The molecule has 0 heterocycles. The third kappa shape index (κ3) is 1.62. The maximum Gasteiger partial charge on any atom is 0.178 e. The van der Waals surface area contributed by atoms with E-state index in [0.29, 0.717) is 0 Å². The van der Waals surface area contributed by atoms with E-state index in [1.54, 1.807) is 0 Å². The summed E-state index contributed by atoms with van der Waals surface area (Å²) in [6.45, 7) is 2.04. The Morgan fingerprint density at radius 2 is 1.18 bits per heavy atom. The average molecular weight is 284 g/mol. The van der Waals surface area contributed by atoms with E-state index < -0.39 is 5.41 Å². The lowest BCUT2D eigenvalue weighted by Gasteiger charge is -2.36. The van der Waals surface area contributed by atoms with Gasteiger partial charge >= 0.3 is 0 Å². The predicted octanol–water partition coefficient (Wildman–Crippen LogP) is 4.86. The zero-order valence-corrected chi connectivity index (χ0v) is 12.4. The molecule has 0 aliphatic heterocycles. The lowest BCUT2D eigenvalue weighted by molar-refractivity contribution is 0.0921. The fourth-order valence-electron chi connectivity index (χ4n) is 3.52. The molecule has 1 atom stereocenters. The van der Waals surface area contributed by atoms with Crippen LogP contribution >= 0.6 is 0 Å². The molecule has 0 saturated carbocycles. The zero-order chi connectivity index (χ0) is 15.2. The molecular formula is C21H16O. The van der Waals surface area contributed by atoms with Crippen LogP contribution in [0.2, 0.25) is 0 Å². The first-order valence-electron chi connectivity index (χ1n) is 7.52. The Balaban J connectivity index is 2.09. The first-order valence-corrected chi connectivity index (χ1v) is 7.52. The Kier molecular flexibility index (Phi) is 2.77. The second-order valence-electron chi connectivity index (χ2n) is 5.91. The number of benzene rings is 3. The van der Waals surface area contributed by atoms with Crippen LogP contribution in [0.15, 0.2) is 78.9 Å². The van der Waals surface area contributed by atoms with Gasteiger partial charge in [0, 0.05) is 5.56 Å². The van der Waals surface area contributed by atoms with Crippen molar-refractivity contribution in [3.8, 4) is 11.1 Å². The van der Waals surface area contributed by atoms with Gasteiger partial charge in [-0.2, -0.15) is 0 Å². The molecule has 0 amide bonds. The fourth-order valence-corrected chi connectivity index (χ4v) is 3.52. The normalized spacial score (nSPS) is 19.4. The van der Waals surface area contributed by atoms with E-state index in [2.05, 4.69) is 12.1 Å². The molecule has 3 aromatic rings. The highest BCUT2D eigenvalue weighted by Gasteiger charge is 2.43. The van der Waals surface area contributed by atoms with Crippen molar-refractivity contribution in [1.29, 1.82) is 0 Å². The fraction of sp³-hybridized carbons (Fsp3) is 0.0952. The van der Waals surface area contributed by atoms with Crippen molar-refractivity contribution in [3.63, 3.8) is 0 Å². The summed E-state index contributed by atoms with van der Waals surface area (Å²) in [5.41, 5.74) is 4.51. The molecule has 106 valence electrons. The smallest absolute Gasteiger partial charge is 0.178 e. The lowest BCUT2D eigenvalue weighted by Crippen LogP contribution is -2.37. The third-order valence-electron chi connectivity index (χ3n) is 4.73. The van der Waals surface area contributed by atoms with Gasteiger partial charge in [0.2, 0.25) is 0 Å². The number of carbonyl (C=O) groups excluding carboxylic acids is 1. The number of ketones is 1. The molecule has 22 heavy (non-hydrogen) atoms. The molecule has 1 aliphatic carbocycles. The molecular weight excluding hydrogens is 268 g/mol. The summed E-state index contributed by atoms with van der Waals surface area (Å²) in [6.07, 6.45) is 0. The lowest BCUT2D eigenvalue weighted by atomic mass is 9.64. The second kappa shape index (κ2) is 4.67. The summed E-state index contributed by atoms with van der Waals surface area (Å²) >= 11 is 0. The summed E-state index contributed by atoms with van der Waals surface area (Å²) in [7, 11) is 0. The average Bonchev–Trinajstić information content (AvgIpc) is 2.60. The Morgan fingerprint density at radius 1 is 0.636 bits per heavy atom. The summed E-state index contributed by atoms with van der Waals surface area (Å²) in [5.74, 6) is 0.174. The monoisotopic (exact) mass is 284 g/mol. The van der Waals surface area contributed by atoms with Crippen molar-refractivity contribution in [2.75, 3.05) is 0 Å². The van der Waals surface area contributed by atoms with Crippen LogP contribution in [0.1, 0.15) is 28.4 Å². The number of carbonyl (C=O) groups is 1. The SMILES string of the molecule is C[C@@]1(c2ccccc2)C(=O)c2ccccc2-c2ccccc21. The maximum absolute atomic E-state index is 13.3. The molecule has 0 aromatic heterocycles. The van der Waals surface area contributed by atoms with Crippen LogP contribution in [0, 0.1) is 0 Å². The van der Waals surface area contributed by atoms with E-state index >= 15 is 0 Å². The molecule has 3 aromatic carbocycles. The third-order valence-corrected chi connectivity index (χ3v) is 4.73. The minimum absolute atomic E-state index is 0.174. The Labute approximate surface area is 130 Å². The molecule has 1 nitrogen and oxygen atoms in total. The Bertz CT molecular complexity index is 864. The van der Waals surface area contributed by atoms with Gasteiger partial charge in [0.15, 0.2) is 5.78 Å². The van der Waals surface area contributed by atoms with Gasteiger partial charge in [-0.1, -0.05) is 78.9 Å². The van der Waals surface area contributed by atoms with E-state index in [1.807, 2.05) is 73.7 Å². The van der Waals surface area contributed by atoms with Crippen molar-refractivity contribution in [2.24, 2.45) is 0 Å². The van der Waals surface area contributed by atoms with Gasteiger partial charge in [-0.25, -0.2) is 0 Å². The van der Waals surface area contributed by atoms with Crippen molar-refractivity contribution in [3.05, 3.63) is 95.6 Å². The van der Waals surface area contributed by atoms with Crippen molar-refractivity contribution in [1.82, 2.24) is 0 Å². The summed E-state index contributed by atoms with van der Waals surface area (Å²) in [5, 5.41) is 0. The highest BCUT2D eigenvalue weighted by Crippen LogP contribution is 2.46. The first kappa shape index (κ1) is 13.0. The quantitative estimate of drug-likeness (QED) is 0.624. The Morgan fingerprint density at radius 3 is 1.91 bits per heavy atom. The molecule has 0 bridgehead atoms. The van der Waals surface area contributed by atoms with E-state index in [4.69, 9.17) is 0 Å². The summed E-state index contributed by atoms with van der Waals surface area (Å²) in [6, 6.07) is 26.2. The van der Waals surface area contributed by atoms with E-state index in [-0.39, 0.29) is 5.78 Å². The zero-order valence-electron chi connectivity index (χ0n) is 12.4. The van der Waals surface area contributed by atoms with Crippen molar-refractivity contribution >= 4 is 5.78 Å². The highest BCUT2D eigenvalue weighted by molar-refractivity contribution is 6.14. The molecule has 1 aliphatic rings. The van der Waals surface area contributed by atoms with Gasteiger partial charge < -0.3 is 0 Å². The van der Waals surface area contributed by atoms with Crippen molar-refractivity contribution in [2.45, 2.75) is 12.3 Å². The highest BCUT2D eigenvalue weighted by atomic mass is 16.1. The molecule has 0 fully saturated rings. The molecule has 0 unspecified atom stereocenters. The maximum atomic E-state index is 13.3. The predicted molar refractivity (Wildman–Crippen MR) is 89.1 cm³/mol.